The Morgan fingerprint density at radius 3 is 2.58 bits per heavy atom. The molecule has 2 aromatic rings. The van der Waals surface area contributed by atoms with E-state index in [4.69, 9.17) is 4.74 Å². The van der Waals surface area contributed by atoms with Crippen molar-refractivity contribution in [1.29, 1.82) is 0 Å². The summed E-state index contributed by atoms with van der Waals surface area (Å²) in [6.45, 7) is 0.615. The van der Waals surface area contributed by atoms with E-state index in [0.717, 1.165) is 17.1 Å². The largest absolute Gasteiger partial charge is 0.748 e. The minimum Gasteiger partial charge on any atom is -0.748 e. The van der Waals surface area contributed by atoms with Crippen molar-refractivity contribution in [2.24, 2.45) is 5.10 Å². The van der Waals surface area contributed by atoms with Crippen LogP contribution in [0.4, 0.5) is 5.69 Å². The monoisotopic (exact) mass is 377 g/mol. The minimum atomic E-state index is -4.15. The van der Waals surface area contributed by atoms with Gasteiger partial charge in [-0.1, -0.05) is 0 Å². The topological polar surface area (TPSA) is 85.9 Å². The fourth-order valence-electron chi connectivity index (χ4n) is 2.38. The Hall–Kier alpha value is -2.45. The number of aryl methyl sites for hydroxylation is 1. The van der Waals surface area contributed by atoms with E-state index < -0.39 is 10.1 Å². The Balaban J connectivity index is 2.00. The number of aromatic nitrogens is 1. The third kappa shape index (κ3) is 6.45. The van der Waals surface area contributed by atoms with E-state index in [0.29, 0.717) is 19.4 Å². The maximum atomic E-state index is 10.7. The van der Waals surface area contributed by atoms with Gasteiger partial charge in [-0.2, -0.15) is 9.67 Å². The Morgan fingerprint density at radius 2 is 1.92 bits per heavy atom. The molecular weight excluding hydrogens is 354 g/mol. The smallest absolute Gasteiger partial charge is 0.225 e. The first-order chi connectivity index (χ1) is 12.4. The molecule has 7 nitrogen and oxygen atoms in total. The summed E-state index contributed by atoms with van der Waals surface area (Å²) < 4.78 is 39.1. The van der Waals surface area contributed by atoms with Crippen molar-refractivity contribution in [3.05, 3.63) is 54.4 Å². The molecule has 0 unspecified atom stereocenters. The molecule has 0 amide bonds. The van der Waals surface area contributed by atoms with Crippen molar-refractivity contribution in [1.82, 2.24) is 0 Å². The summed E-state index contributed by atoms with van der Waals surface area (Å²) in [4.78, 5) is 0. The van der Waals surface area contributed by atoms with Crippen LogP contribution in [-0.2, 0) is 16.7 Å². The molecule has 0 fully saturated rings. The normalized spacial score (nSPS) is 11.7. The lowest BCUT2D eigenvalue weighted by atomic mass is 10.3. The number of benzene rings is 1. The lowest BCUT2D eigenvalue weighted by molar-refractivity contribution is -0.698. The van der Waals surface area contributed by atoms with Crippen molar-refractivity contribution < 1.29 is 22.3 Å². The zero-order chi connectivity index (χ0) is 19.0. The molecule has 2 rings (SSSR count). The molecule has 1 heterocycles. The second kappa shape index (κ2) is 9.30. The van der Waals surface area contributed by atoms with Crippen LogP contribution in [0.15, 0.2) is 53.8 Å². The van der Waals surface area contributed by atoms with Crippen LogP contribution in [0.2, 0.25) is 0 Å². The van der Waals surface area contributed by atoms with Crippen molar-refractivity contribution >= 4 is 22.0 Å². The van der Waals surface area contributed by atoms with Gasteiger partial charge in [0.25, 0.3) is 0 Å². The van der Waals surface area contributed by atoms with Gasteiger partial charge in [-0.15, -0.1) is 0 Å². The number of ether oxygens (including phenoxy) is 1. The molecule has 0 spiro atoms. The van der Waals surface area contributed by atoms with Gasteiger partial charge in [-0.25, -0.2) is 8.42 Å². The maximum absolute atomic E-state index is 10.7. The Morgan fingerprint density at radius 1 is 1.19 bits per heavy atom. The van der Waals surface area contributed by atoms with Gasteiger partial charge < -0.3 is 9.29 Å². The summed E-state index contributed by atoms with van der Waals surface area (Å²) in [6.07, 6.45) is 4.59. The highest BCUT2D eigenvalue weighted by molar-refractivity contribution is 7.85. The van der Waals surface area contributed by atoms with E-state index in [1.54, 1.807) is 18.3 Å². The summed E-state index contributed by atoms with van der Waals surface area (Å²) in [5.41, 5.74) is 1.81. The van der Waals surface area contributed by atoms with Gasteiger partial charge in [0.2, 0.25) is 5.69 Å². The van der Waals surface area contributed by atoms with E-state index >= 15 is 0 Å². The molecule has 8 heteroatoms. The molecular formula is C18H23N3O4S. The number of anilines is 1. The number of hydrogen-bond donors (Lipinski definition) is 0. The molecule has 0 saturated carbocycles. The second-order valence-electron chi connectivity index (χ2n) is 5.75. The molecule has 0 aliphatic rings. The highest BCUT2D eigenvalue weighted by Crippen LogP contribution is 2.18. The standard InChI is InChI=1S/C18H23N3O4S/c1-20(16-8-10-18(25-2)11-9-16)19-15-17-7-3-4-12-21(17)13-5-6-14-26(22,23)24/h3-4,7-12,15H,5-6,13-14H2,1-2H3. The highest BCUT2D eigenvalue weighted by atomic mass is 32.2. The molecule has 140 valence electrons. The van der Waals surface area contributed by atoms with Crippen molar-refractivity contribution in [3.8, 4) is 5.75 Å². The lowest BCUT2D eigenvalue weighted by Crippen LogP contribution is -2.38. The van der Waals surface area contributed by atoms with Crippen LogP contribution in [0, 0.1) is 0 Å². The highest BCUT2D eigenvalue weighted by Gasteiger charge is 2.08. The lowest BCUT2D eigenvalue weighted by Gasteiger charge is -2.12. The Bertz CT molecular complexity index is 836. The van der Waals surface area contributed by atoms with Crippen molar-refractivity contribution in [2.45, 2.75) is 19.4 Å². The molecule has 0 aliphatic carbocycles. The van der Waals surface area contributed by atoms with Crippen LogP contribution in [0.3, 0.4) is 0 Å². The minimum absolute atomic E-state index is 0.329. The summed E-state index contributed by atoms with van der Waals surface area (Å²) in [6, 6.07) is 13.3. The van der Waals surface area contributed by atoms with Crippen LogP contribution in [0.1, 0.15) is 18.5 Å². The second-order valence-corrected chi connectivity index (χ2v) is 7.28. The van der Waals surface area contributed by atoms with Gasteiger partial charge >= 0.3 is 0 Å². The van der Waals surface area contributed by atoms with E-state index in [1.807, 2.05) is 60.3 Å². The predicted molar refractivity (Wildman–Crippen MR) is 99.4 cm³/mol. The van der Waals surface area contributed by atoms with Gasteiger partial charge in [-0.3, -0.25) is 5.01 Å². The Kier molecular flexibility index (Phi) is 7.11. The fraction of sp³-hybridized carbons (Fsp3) is 0.333. The number of methoxy groups -OCH3 is 1. The van der Waals surface area contributed by atoms with E-state index in [1.165, 1.54) is 0 Å². The number of pyridine rings is 1. The van der Waals surface area contributed by atoms with E-state index in [9.17, 15) is 13.0 Å². The average Bonchev–Trinajstić information content (AvgIpc) is 2.63. The van der Waals surface area contributed by atoms with Crippen LogP contribution < -0.4 is 14.3 Å². The molecule has 1 aromatic heterocycles. The fourth-order valence-corrected chi connectivity index (χ4v) is 2.94. The number of nitrogens with zero attached hydrogens (tertiary/aromatic N) is 3. The van der Waals surface area contributed by atoms with Gasteiger partial charge in [-0.05, 0) is 36.8 Å². The molecule has 26 heavy (non-hydrogen) atoms. The predicted octanol–water partition coefficient (Wildman–Crippen LogP) is 1.78. The summed E-state index contributed by atoms with van der Waals surface area (Å²) in [5, 5.41) is 6.20. The number of hydrogen-bond acceptors (Lipinski definition) is 6. The first-order valence-electron chi connectivity index (χ1n) is 8.23. The first-order valence-corrected chi connectivity index (χ1v) is 9.80. The SMILES string of the molecule is COc1ccc(N(C)N=Cc2cccc[n+]2CCCCS(=O)(=O)[O-])cc1. The van der Waals surface area contributed by atoms with Crippen LogP contribution >= 0.6 is 0 Å². The molecule has 0 radical (unpaired) electrons. The number of rotatable bonds is 9. The molecule has 0 N–H and O–H groups in total. The van der Waals surface area contributed by atoms with Crippen LogP contribution in [0.25, 0.3) is 0 Å². The molecule has 0 saturated heterocycles. The number of unbranched alkanes of at least 4 members (excludes halogenated alkanes) is 1. The van der Waals surface area contributed by atoms with E-state index in [2.05, 4.69) is 5.10 Å². The average molecular weight is 377 g/mol. The third-order valence-electron chi connectivity index (χ3n) is 3.83. The van der Waals surface area contributed by atoms with Crippen LogP contribution in [-0.4, -0.2) is 39.1 Å². The van der Waals surface area contributed by atoms with Crippen molar-refractivity contribution in [3.63, 3.8) is 0 Å². The Labute approximate surface area is 154 Å². The maximum Gasteiger partial charge on any atom is 0.225 e. The zero-order valence-corrected chi connectivity index (χ0v) is 15.7. The third-order valence-corrected chi connectivity index (χ3v) is 4.62. The molecule has 0 atom stereocenters. The summed E-state index contributed by atoms with van der Waals surface area (Å²) >= 11 is 0. The van der Waals surface area contributed by atoms with E-state index in [-0.39, 0.29) is 5.75 Å². The van der Waals surface area contributed by atoms with Crippen molar-refractivity contribution in [2.75, 3.05) is 24.9 Å². The summed E-state index contributed by atoms with van der Waals surface area (Å²) in [5.74, 6) is 0.455. The molecule has 1 aromatic carbocycles. The quantitative estimate of drug-likeness (QED) is 0.219. The van der Waals surface area contributed by atoms with Gasteiger partial charge in [0.05, 0.1) is 22.9 Å². The zero-order valence-electron chi connectivity index (χ0n) is 14.9. The van der Waals surface area contributed by atoms with Crippen LogP contribution in [0.5, 0.6) is 5.75 Å². The van der Waals surface area contributed by atoms with Gasteiger partial charge in [0.15, 0.2) is 6.20 Å². The number of hydrazone groups is 1. The first kappa shape index (κ1) is 19.9. The molecule has 0 bridgehead atoms. The summed E-state index contributed by atoms with van der Waals surface area (Å²) in [7, 11) is -0.673. The van der Waals surface area contributed by atoms with Gasteiger partial charge in [0, 0.05) is 31.4 Å². The molecule has 0 aliphatic heterocycles. The van der Waals surface area contributed by atoms with Gasteiger partial charge in [0.1, 0.15) is 18.5 Å².